The number of rotatable bonds is 5. The van der Waals surface area contributed by atoms with E-state index in [1.807, 2.05) is 32.0 Å². The van der Waals surface area contributed by atoms with Crippen LogP contribution in [0.1, 0.15) is 28.1 Å². The molecule has 0 saturated heterocycles. The van der Waals surface area contributed by atoms with Gasteiger partial charge in [-0.2, -0.15) is 5.26 Å². The Hall–Kier alpha value is -1.57. The van der Waals surface area contributed by atoms with E-state index in [1.54, 1.807) is 11.3 Å². The SMILES string of the molecule is CCc1nc(COc2ccc(Cl)c(C)c2)sc1CC#N. The first-order valence-corrected chi connectivity index (χ1v) is 7.56. The Bertz CT molecular complexity index is 646. The summed E-state index contributed by atoms with van der Waals surface area (Å²) in [5.74, 6) is 0.780. The summed E-state index contributed by atoms with van der Waals surface area (Å²) in [7, 11) is 0. The zero-order valence-electron chi connectivity index (χ0n) is 11.4. The molecule has 0 aliphatic rings. The lowest BCUT2D eigenvalue weighted by atomic mass is 10.2. The van der Waals surface area contributed by atoms with Crippen LogP contribution in [-0.2, 0) is 19.4 Å². The normalized spacial score (nSPS) is 10.3. The Morgan fingerprint density at radius 1 is 1.45 bits per heavy atom. The van der Waals surface area contributed by atoms with Gasteiger partial charge in [-0.25, -0.2) is 4.98 Å². The molecule has 3 nitrogen and oxygen atoms in total. The summed E-state index contributed by atoms with van der Waals surface area (Å²) in [6.45, 7) is 4.41. The van der Waals surface area contributed by atoms with E-state index in [9.17, 15) is 0 Å². The number of aryl methyl sites for hydroxylation is 2. The molecule has 1 aromatic carbocycles. The molecule has 0 amide bonds. The Balaban J connectivity index is 2.07. The van der Waals surface area contributed by atoms with Gasteiger partial charge in [0.15, 0.2) is 0 Å². The molecule has 0 bridgehead atoms. The third-order valence-corrected chi connectivity index (χ3v) is 4.38. The molecule has 0 radical (unpaired) electrons. The minimum absolute atomic E-state index is 0.418. The molecule has 0 unspecified atom stereocenters. The fourth-order valence-corrected chi connectivity index (χ4v) is 2.96. The van der Waals surface area contributed by atoms with E-state index >= 15 is 0 Å². The van der Waals surface area contributed by atoms with Crippen molar-refractivity contribution in [3.05, 3.63) is 44.4 Å². The fourth-order valence-electron chi connectivity index (χ4n) is 1.84. The number of nitrogens with zero attached hydrogens (tertiary/aromatic N) is 2. The van der Waals surface area contributed by atoms with E-state index in [0.29, 0.717) is 13.0 Å². The van der Waals surface area contributed by atoms with Crippen molar-refractivity contribution in [2.45, 2.75) is 33.3 Å². The fraction of sp³-hybridized carbons (Fsp3) is 0.333. The molecule has 2 rings (SSSR count). The van der Waals surface area contributed by atoms with Crippen LogP contribution in [0.2, 0.25) is 5.02 Å². The van der Waals surface area contributed by atoms with Crippen LogP contribution in [0.15, 0.2) is 18.2 Å². The topological polar surface area (TPSA) is 45.9 Å². The van der Waals surface area contributed by atoms with E-state index in [4.69, 9.17) is 21.6 Å². The van der Waals surface area contributed by atoms with Crippen LogP contribution < -0.4 is 4.74 Å². The summed E-state index contributed by atoms with van der Waals surface area (Å²) >= 11 is 7.53. The van der Waals surface area contributed by atoms with Gasteiger partial charge >= 0.3 is 0 Å². The Kier molecular flexibility index (Phi) is 4.99. The van der Waals surface area contributed by atoms with E-state index < -0.39 is 0 Å². The van der Waals surface area contributed by atoms with Crippen LogP contribution in [0.5, 0.6) is 5.75 Å². The maximum absolute atomic E-state index is 8.80. The van der Waals surface area contributed by atoms with Crippen LogP contribution >= 0.6 is 22.9 Å². The number of hydrogen-bond donors (Lipinski definition) is 0. The van der Waals surface area contributed by atoms with Gasteiger partial charge in [0, 0.05) is 9.90 Å². The molecule has 5 heteroatoms. The molecule has 1 aromatic heterocycles. The minimum Gasteiger partial charge on any atom is -0.486 e. The van der Waals surface area contributed by atoms with Crippen LogP contribution in [0.3, 0.4) is 0 Å². The molecular formula is C15H15ClN2OS. The molecule has 0 fully saturated rings. The lowest BCUT2D eigenvalue weighted by Crippen LogP contribution is -1.95. The summed E-state index contributed by atoms with van der Waals surface area (Å²) in [6.07, 6.45) is 1.26. The standard InChI is InChI=1S/C15H15ClN2OS/c1-3-13-14(6-7-17)20-15(18-13)9-19-11-4-5-12(16)10(2)8-11/h4-5,8H,3,6,9H2,1-2H3. The predicted octanol–water partition coefficient (Wildman–Crippen LogP) is 4.31. The van der Waals surface area contributed by atoms with Crippen LogP contribution in [0.4, 0.5) is 0 Å². The Labute approximate surface area is 127 Å². The number of aromatic nitrogens is 1. The molecule has 104 valence electrons. The van der Waals surface area contributed by atoms with Crippen molar-refractivity contribution in [3.63, 3.8) is 0 Å². The quantitative estimate of drug-likeness (QED) is 0.826. The highest BCUT2D eigenvalue weighted by atomic mass is 35.5. The summed E-state index contributed by atoms with van der Waals surface area (Å²) < 4.78 is 5.73. The number of benzene rings is 1. The Morgan fingerprint density at radius 3 is 2.90 bits per heavy atom. The lowest BCUT2D eigenvalue weighted by Gasteiger charge is -2.05. The van der Waals surface area contributed by atoms with Gasteiger partial charge in [-0.3, -0.25) is 0 Å². The average molecular weight is 307 g/mol. The van der Waals surface area contributed by atoms with Gasteiger partial charge in [0.2, 0.25) is 0 Å². The number of ether oxygens (including phenoxy) is 1. The summed E-state index contributed by atoms with van der Waals surface area (Å²) in [6, 6.07) is 7.76. The van der Waals surface area contributed by atoms with E-state index in [2.05, 4.69) is 11.1 Å². The van der Waals surface area contributed by atoms with Crippen molar-refractivity contribution in [2.75, 3.05) is 0 Å². The molecule has 2 aromatic rings. The zero-order chi connectivity index (χ0) is 14.5. The van der Waals surface area contributed by atoms with Crippen molar-refractivity contribution in [3.8, 4) is 11.8 Å². The van der Waals surface area contributed by atoms with Gasteiger partial charge in [0.1, 0.15) is 17.4 Å². The molecule has 0 atom stereocenters. The molecular weight excluding hydrogens is 292 g/mol. The van der Waals surface area contributed by atoms with Crippen LogP contribution in [-0.4, -0.2) is 4.98 Å². The van der Waals surface area contributed by atoms with Crippen LogP contribution in [0.25, 0.3) is 0 Å². The van der Waals surface area contributed by atoms with Gasteiger partial charge in [-0.15, -0.1) is 11.3 Å². The highest BCUT2D eigenvalue weighted by Gasteiger charge is 2.10. The third-order valence-electron chi connectivity index (χ3n) is 2.89. The molecule has 0 aliphatic carbocycles. The minimum atomic E-state index is 0.418. The smallest absolute Gasteiger partial charge is 0.140 e. The largest absolute Gasteiger partial charge is 0.486 e. The zero-order valence-corrected chi connectivity index (χ0v) is 13.0. The van der Waals surface area contributed by atoms with Crippen molar-refractivity contribution in [1.82, 2.24) is 4.98 Å². The van der Waals surface area contributed by atoms with E-state index in [0.717, 1.165) is 38.3 Å². The summed E-state index contributed by atoms with van der Waals surface area (Å²) in [4.78, 5) is 5.56. The van der Waals surface area contributed by atoms with Gasteiger partial charge in [-0.05, 0) is 37.1 Å². The average Bonchev–Trinajstić information content (AvgIpc) is 2.83. The first kappa shape index (κ1) is 14.8. The Morgan fingerprint density at radius 2 is 2.25 bits per heavy atom. The van der Waals surface area contributed by atoms with Gasteiger partial charge in [0.25, 0.3) is 0 Å². The first-order valence-electron chi connectivity index (χ1n) is 6.37. The van der Waals surface area contributed by atoms with E-state index in [-0.39, 0.29) is 0 Å². The second-order valence-corrected chi connectivity index (χ2v) is 5.94. The maximum Gasteiger partial charge on any atom is 0.140 e. The summed E-state index contributed by atoms with van der Waals surface area (Å²) in [5.41, 5.74) is 1.99. The second kappa shape index (κ2) is 6.74. The second-order valence-electron chi connectivity index (χ2n) is 4.37. The van der Waals surface area contributed by atoms with Crippen molar-refractivity contribution in [2.24, 2.45) is 0 Å². The molecule has 0 spiro atoms. The third kappa shape index (κ3) is 3.50. The lowest BCUT2D eigenvalue weighted by molar-refractivity contribution is 0.305. The van der Waals surface area contributed by atoms with Crippen LogP contribution in [0, 0.1) is 18.3 Å². The number of halogens is 1. The van der Waals surface area contributed by atoms with Gasteiger partial charge < -0.3 is 4.74 Å². The molecule has 20 heavy (non-hydrogen) atoms. The number of nitriles is 1. The first-order chi connectivity index (χ1) is 9.63. The van der Waals surface area contributed by atoms with E-state index in [1.165, 1.54) is 0 Å². The van der Waals surface area contributed by atoms with Gasteiger partial charge in [0.05, 0.1) is 18.2 Å². The molecule has 0 aliphatic heterocycles. The molecule has 0 N–H and O–H groups in total. The number of thiazole rings is 1. The maximum atomic E-state index is 8.80. The van der Waals surface area contributed by atoms with Crippen molar-refractivity contribution in [1.29, 1.82) is 5.26 Å². The highest BCUT2D eigenvalue weighted by molar-refractivity contribution is 7.11. The molecule has 0 saturated carbocycles. The van der Waals surface area contributed by atoms with Gasteiger partial charge in [-0.1, -0.05) is 18.5 Å². The number of hydrogen-bond acceptors (Lipinski definition) is 4. The predicted molar refractivity (Wildman–Crippen MR) is 81.3 cm³/mol. The molecule has 1 heterocycles. The highest BCUT2D eigenvalue weighted by Crippen LogP contribution is 2.24. The summed E-state index contributed by atoms with van der Waals surface area (Å²) in [5, 5.41) is 10.4. The van der Waals surface area contributed by atoms with Crippen molar-refractivity contribution >= 4 is 22.9 Å². The monoisotopic (exact) mass is 306 g/mol. The van der Waals surface area contributed by atoms with Crippen molar-refractivity contribution < 1.29 is 4.74 Å².